The largest absolute Gasteiger partial charge is 0.152 e. The van der Waals surface area contributed by atoms with Crippen LogP contribution in [0.5, 0.6) is 0 Å². The molecule has 0 aromatic carbocycles. The van der Waals surface area contributed by atoms with Crippen LogP contribution in [0.3, 0.4) is 0 Å². The fraction of sp³-hybridized carbons (Fsp3) is 0.909. The van der Waals surface area contributed by atoms with Gasteiger partial charge in [-0.05, 0) is 47.6 Å². The Morgan fingerprint density at radius 3 is 0.644 bits per heavy atom. The Labute approximate surface area is 290 Å². The molecular weight excluding hydrogens is 561 g/mol. The highest BCUT2D eigenvalue weighted by Crippen LogP contribution is 2.22. The van der Waals surface area contributed by atoms with Gasteiger partial charge in [-0.25, -0.2) is 0 Å². The molecule has 1 heterocycles. The SMILES string of the molecule is CCCCCCCCCCCCCCCCCCCCc1cscc1CCCCCCCCCCCCCCCCCCCC. The molecule has 0 aliphatic carbocycles. The summed E-state index contributed by atoms with van der Waals surface area (Å²) in [7, 11) is 0. The highest BCUT2D eigenvalue weighted by molar-refractivity contribution is 7.08. The highest BCUT2D eigenvalue weighted by atomic mass is 32.1. The van der Waals surface area contributed by atoms with Crippen molar-refractivity contribution >= 4 is 11.3 Å². The van der Waals surface area contributed by atoms with Crippen LogP contribution in [0.4, 0.5) is 0 Å². The molecule has 0 spiro atoms. The van der Waals surface area contributed by atoms with E-state index < -0.39 is 0 Å². The van der Waals surface area contributed by atoms with E-state index in [0.717, 1.165) is 0 Å². The van der Waals surface area contributed by atoms with Crippen molar-refractivity contribution in [2.24, 2.45) is 0 Å². The van der Waals surface area contributed by atoms with Gasteiger partial charge < -0.3 is 0 Å². The Morgan fingerprint density at radius 2 is 0.444 bits per heavy atom. The molecule has 0 unspecified atom stereocenters. The van der Waals surface area contributed by atoms with E-state index in [0.29, 0.717) is 0 Å². The predicted molar refractivity (Wildman–Crippen MR) is 209 cm³/mol. The van der Waals surface area contributed by atoms with Crippen LogP contribution in [0.25, 0.3) is 0 Å². The van der Waals surface area contributed by atoms with Gasteiger partial charge in [-0.15, -0.1) is 0 Å². The van der Waals surface area contributed by atoms with Crippen molar-refractivity contribution in [1.82, 2.24) is 0 Å². The molecule has 1 rings (SSSR count). The lowest BCUT2D eigenvalue weighted by atomic mass is 9.99. The average molecular weight is 645 g/mol. The van der Waals surface area contributed by atoms with Gasteiger partial charge in [0.2, 0.25) is 0 Å². The lowest BCUT2D eigenvalue weighted by molar-refractivity contribution is 0.524. The zero-order valence-corrected chi connectivity index (χ0v) is 32.2. The van der Waals surface area contributed by atoms with Crippen LogP contribution in [0, 0.1) is 0 Å². The minimum Gasteiger partial charge on any atom is -0.152 e. The van der Waals surface area contributed by atoms with Crippen molar-refractivity contribution in [3.63, 3.8) is 0 Å². The summed E-state index contributed by atoms with van der Waals surface area (Å²) < 4.78 is 0. The number of aryl methyl sites for hydroxylation is 2. The summed E-state index contributed by atoms with van der Waals surface area (Å²) in [6.45, 7) is 4.62. The quantitative estimate of drug-likeness (QED) is 0.0628. The maximum absolute atomic E-state index is 2.46. The van der Waals surface area contributed by atoms with Crippen molar-refractivity contribution in [2.45, 2.75) is 258 Å². The Bertz CT molecular complexity index is 605. The summed E-state index contributed by atoms with van der Waals surface area (Å²) in [4.78, 5) is 0. The Morgan fingerprint density at radius 1 is 0.267 bits per heavy atom. The first kappa shape index (κ1) is 42.7. The molecule has 1 aromatic heterocycles. The van der Waals surface area contributed by atoms with Crippen molar-refractivity contribution in [3.8, 4) is 0 Å². The molecule has 0 atom stereocenters. The third-order valence-corrected chi connectivity index (χ3v) is 11.3. The summed E-state index contributed by atoms with van der Waals surface area (Å²) in [6.07, 6.45) is 55.3. The lowest BCUT2D eigenvalue weighted by Gasteiger charge is -2.06. The van der Waals surface area contributed by atoms with E-state index in [1.165, 1.54) is 244 Å². The van der Waals surface area contributed by atoms with Crippen molar-refractivity contribution in [2.75, 3.05) is 0 Å². The summed E-state index contributed by atoms with van der Waals surface area (Å²) in [6, 6.07) is 0. The van der Waals surface area contributed by atoms with Gasteiger partial charge in [-0.1, -0.05) is 232 Å². The fourth-order valence-electron chi connectivity index (χ4n) is 7.22. The Hall–Kier alpha value is -0.300. The van der Waals surface area contributed by atoms with Gasteiger partial charge in [0.1, 0.15) is 0 Å². The summed E-state index contributed by atoms with van der Waals surface area (Å²) in [5.74, 6) is 0. The minimum atomic E-state index is 1.33. The molecule has 1 aromatic rings. The molecule has 0 fully saturated rings. The molecule has 0 aliphatic heterocycles. The molecule has 0 radical (unpaired) electrons. The standard InChI is InChI=1S/C44H84S/c1-3-5-7-9-11-13-15-17-19-21-23-25-27-29-31-33-35-37-39-43-41-45-42-44(43)40-38-36-34-32-30-28-26-24-22-20-18-16-14-12-10-8-6-4-2/h41-42H,3-40H2,1-2H3. The van der Waals surface area contributed by atoms with Crippen LogP contribution < -0.4 is 0 Å². The van der Waals surface area contributed by atoms with Crippen molar-refractivity contribution in [1.29, 1.82) is 0 Å². The van der Waals surface area contributed by atoms with Crippen LogP contribution in [0.15, 0.2) is 10.8 Å². The van der Waals surface area contributed by atoms with Crippen molar-refractivity contribution in [3.05, 3.63) is 21.9 Å². The maximum Gasteiger partial charge on any atom is -0.00584 e. The van der Waals surface area contributed by atoms with Crippen LogP contribution in [0.1, 0.15) is 256 Å². The number of unbranched alkanes of at least 4 members (excludes halogenated alkanes) is 34. The van der Waals surface area contributed by atoms with E-state index in [1.54, 1.807) is 11.1 Å². The van der Waals surface area contributed by atoms with E-state index in [2.05, 4.69) is 24.6 Å². The first-order valence-corrected chi connectivity index (χ1v) is 22.4. The normalized spacial score (nSPS) is 11.6. The Balaban J connectivity index is 1.80. The van der Waals surface area contributed by atoms with E-state index in [9.17, 15) is 0 Å². The van der Waals surface area contributed by atoms with E-state index in [-0.39, 0.29) is 0 Å². The van der Waals surface area contributed by atoms with Crippen LogP contribution in [-0.2, 0) is 12.8 Å². The van der Waals surface area contributed by atoms with Gasteiger partial charge in [0.15, 0.2) is 0 Å². The summed E-state index contributed by atoms with van der Waals surface area (Å²) in [5.41, 5.74) is 3.37. The zero-order chi connectivity index (χ0) is 32.1. The number of rotatable bonds is 38. The average Bonchev–Trinajstić information content (AvgIpc) is 3.50. The van der Waals surface area contributed by atoms with E-state index in [4.69, 9.17) is 0 Å². The topological polar surface area (TPSA) is 0 Å². The third kappa shape index (κ3) is 30.8. The second-order valence-electron chi connectivity index (χ2n) is 14.9. The second kappa shape index (κ2) is 36.5. The molecule has 0 bridgehead atoms. The first-order chi connectivity index (χ1) is 22.4. The second-order valence-corrected chi connectivity index (χ2v) is 15.7. The molecule has 1 heteroatoms. The van der Waals surface area contributed by atoms with Gasteiger partial charge >= 0.3 is 0 Å². The number of hydrogen-bond acceptors (Lipinski definition) is 1. The van der Waals surface area contributed by atoms with Gasteiger partial charge in [-0.3, -0.25) is 0 Å². The number of thiophene rings is 1. The van der Waals surface area contributed by atoms with E-state index in [1.807, 2.05) is 11.3 Å². The molecule has 0 amide bonds. The predicted octanol–water partition coefficient (Wildman–Crippen LogP) is 16.9. The molecule has 0 aliphatic rings. The molecule has 0 saturated heterocycles. The lowest BCUT2D eigenvalue weighted by Crippen LogP contribution is -1.92. The number of hydrogen-bond donors (Lipinski definition) is 0. The van der Waals surface area contributed by atoms with Gasteiger partial charge in [0.05, 0.1) is 0 Å². The monoisotopic (exact) mass is 645 g/mol. The summed E-state index contributed by atoms with van der Waals surface area (Å²) in [5, 5.41) is 4.91. The Kier molecular flexibility index (Phi) is 34.7. The van der Waals surface area contributed by atoms with Crippen LogP contribution in [0.2, 0.25) is 0 Å². The molecule has 45 heavy (non-hydrogen) atoms. The third-order valence-electron chi connectivity index (χ3n) is 10.4. The van der Waals surface area contributed by atoms with Gasteiger partial charge in [0.25, 0.3) is 0 Å². The molecule has 0 saturated carbocycles. The van der Waals surface area contributed by atoms with Crippen LogP contribution >= 0.6 is 11.3 Å². The van der Waals surface area contributed by atoms with Crippen LogP contribution in [-0.4, -0.2) is 0 Å². The summed E-state index contributed by atoms with van der Waals surface area (Å²) >= 11 is 1.95. The highest BCUT2D eigenvalue weighted by Gasteiger charge is 2.04. The minimum absolute atomic E-state index is 1.33. The fourth-order valence-corrected chi connectivity index (χ4v) is 8.16. The van der Waals surface area contributed by atoms with Crippen molar-refractivity contribution < 1.29 is 0 Å². The molecule has 266 valence electrons. The van der Waals surface area contributed by atoms with Gasteiger partial charge in [-0.2, -0.15) is 11.3 Å². The van der Waals surface area contributed by atoms with Gasteiger partial charge in [0, 0.05) is 0 Å². The maximum atomic E-state index is 2.46. The molecule has 0 N–H and O–H groups in total. The molecular formula is C44H84S. The molecule has 0 nitrogen and oxygen atoms in total. The first-order valence-electron chi connectivity index (χ1n) is 21.4. The van der Waals surface area contributed by atoms with E-state index >= 15 is 0 Å². The smallest absolute Gasteiger partial charge is 0.00584 e. The zero-order valence-electron chi connectivity index (χ0n) is 31.4.